The molecule has 23 heavy (non-hydrogen) atoms. The summed E-state index contributed by atoms with van der Waals surface area (Å²) in [5.74, 6) is -0.258. The van der Waals surface area contributed by atoms with Gasteiger partial charge in [0.2, 0.25) is 0 Å². The van der Waals surface area contributed by atoms with Gasteiger partial charge in [0.15, 0.2) is 12.2 Å². The Balaban J connectivity index is 2.05. The number of nitrogens with zero attached hydrogens (tertiary/aromatic N) is 1. The third-order valence-corrected chi connectivity index (χ3v) is 4.42. The summed E-state index contributed by atoms with van der Waals surface area (Å²) < 4.78 is 12.7. The Morgan fingerprint density at radius 1 is 1.30 bits per heavy atom. The first-order chi connectivity index (χ1) is 10.9. The lowest BCUT2D eigenvalue weighted by Gasteiger charge is -2.25. The number of ether oxygens (including phenoxy) is 2. The van der Waals surface area contributed by atoms with Gasteiger partial charge in [0.25, 0.3) is 0 Å². The van der Waals surface area contributed by atoms with Gasteiger partial charge in [-0.05, 0) is 18.9 Å². The lowest BCUT2D eigenvalue weighted by molar-refractivity contribution is -0.879. The molecule has 2 rings (SSSR count). The highest BCUT2D eigenvalue weighted by atomic mass is 16.6. The monoisotopic (exact) mass is 320 g/mol. The molecule has 1 heterocycles. The lowest BCUT2D eigenvalue weighted by Crippen LogP contribution is -2.38. The maximum absolute atomic E-state index is 12.7. The van der Waals surface area contributed by atoms with Gasteiger partial charge in [-0.3, -0.25) is 0 Å². The predicted molar refractivity (Wildman–Crippen MR) is 91.0 cm³/mol. The van der Waals surface area contributed by atoms with E-state index in [4.69, 9.17) is 9.47 Å². The number of hydrogen-bond donors (Lipinski definition) is 0. The Morgan fingerprint density at radius 2 is 2.00 bits per heavy atom. The summed E-state index contributed by atoms with van der Waals surface area (Å²) >= 11 is 0. The summed E-state index contributed by atoms with van der Waals surface area (Å²) in [5.41, 5.74) is 0.868. The largest absolute Gasteiger partial charge is 0.454 e. The Kier molecular flexibility index (Phi) is 6.19. The van der Waals surface area contributed by atoms with Gasteiger partial charge in [0, 0.05) is 6.42 Å². The average Bonchev–Trinajstić information content (AvgIpc) is 2.84. The summed E-state index contributed by atoms with van der Waals surface area (Å²) in [6.45, 7) is 6.05. The van der Waals surface area contributed by atoms with Crippen molar-refractivity contribution in [1.82, 2.24) is 0 Å². The predicted octanol–water partition coefficient (Wildman–Crippen LogP) is 3.32. The highest BCUT2D eigenvalue weighted by Crippen LogP contribution is 2.25. The van der Waals surface area contributed by atoms with Crippen molar-refractivity contribution in [2.24, 2.45) is 0 Å². The smallest absolute Gasteiger partial charge is 0.340 e. The summed E-state index contributed by atoms with van der Waals surface area (Å²) in [5, 5.41) is 0. The molecule has 3 unspecified atom stereocenters. The number of esters is 1. The van der Waals surface area contributed by atoms with Crippen molar-refractivity contribution in [3.63, 3.8) is 0 Å². The summed E-state index contributed by atoms with van der Waals surface area (Å²) in [6, 6.07) is 9.66. The molecule has 0 saturated carbocycles. The molecule has 1 aromatic carbocycles. The Bertz CT molecular complexity index is 501. The molecule has 1 aliphatic rings. The van der Waals surface area contributed by atoms with Crippen LogP contribution in [-0.2, 0) is 14.3 Å². The van der Waals surface area contributed by atoms with Gasteiger partial charge < -0.3 is 14.0 Å². The van der Waals surface area contributed by atoms with Crippen molar-refractivity contribution in [1.29, 1.82) is 0 Å². The van der Waals surface area contributed by atoms with E-state index in [0.29, 0.717) is 0 Å². The molecule has 1 saturated heterocycles. The van der Waals surface area contributed by atoms with Crippen LogP contribution in [0.5, 0.6) is 0 Å². The standard InChI is InChI=1S/C19H30NO3/c1-5-9-15(2)22-18(16-10-7-6-8-11-16)19(21)23-17-12-13-20(3,4)14-17/h6-8,10-11,15,17-18H,5,9,12-14H2,1-4H3/q+1. The summed E-state index contributed by atoms with van der Waals surface area (Å²) in [4.78, 5) is 12.7. The van der Waals surface area contributed by atoms with E-state index >= 15 is 0 Å². The van der Waals surface area contributed by atoms with Crippen LogP contribution >= 0.6 is 0 Å². The van der Waals surface area contributed by atoms with E-state index in [1.165, 1.54) is 0 Å². The molecule has 0 spiro atoms. The van der Waals surface area contributed by atoms with E-state index in [9.17, 15) is 4.79 Å². The van der Waals surface area contributed by atoms with Crippen LogP contribution in [0.4, 0.5) is 0 Å². The molecule has 0 aliphatic carbocycles. The first kappa shape index (κ1) is 18.0. The van der Waals surface area contributed by atoms with E-state index in [1.807, 2.05) is 37.3 Å². The molecule has 0 aromatic heterocycles. The van der Waals surface area contributed by atoms with Crippen molar-refractivity contribution < 1.29 is 18.8 Å². The fraction of sp³-hybridized carbons (Fsp3) is 0.632. The number of rotatable bonds is 7. The molecule has 0 amide bonds. The highest BCUT2D eigenvalue weighted by Gasteiger charge is 2.35. The minimum Gasteiger partial charge on any atom is -0.454 e. The second-order valence-electron chi connectivity index (χ2n) is 7.22. The van der Waals surface area contributed by atoms with Crippen LogP contribution in [0.25, 0.3) is 0 Å². The third-order valence-electron chi connectivity index (χ3n) is 4.42. The van der Waals surface area contributed by atoms with Gasteiger partial charge in [0.05, 0.1) is 26.7 Å². The van der Waals surface area contributed by atoms with E-state index in [2.05, 4.69) is 21.0 Å². The van der Waals surface area contributed by atoms with Crippen molar-refractivity contribution in [2.75, 3.05) is 27.2 Å². The molecule has 4 nitrogen and oxygen atoms in total. The van der Waals surface area contributed by atoms with Crippen LogP contribution in [0.1, 0.15) is 44.8 Å². The molecule has 1 fully saturated rings. The van der Waals surface area contributed by atoms with E-state index in [-0.39, 0.29) is 18.2 Å². The van der Waals surface area contributed by atoms with Crippen molar-refractivity contribution in [2.45, 2.75) is 51.4 Å². The fourth-order valence-corrected chi connectivity index (χ4v) is 3.15. The number of benzene rings is 1. The quantitative estimate of drug-likeness (QED) is 0.571. The second kappa shape index (κ2) is 7.93. The normalized spacial score (nSPS) is 22.5. The zero-order valence-corrected chi connectivity index (χ0v) is 14.8. The van der Waals surface area contributed by atoms with Gasteiger partial charge in [0.1, 0.15) is 6.54 Å². The molecular formula is C19H30NO3+. The number of carbonyl (C=O) groups is 1. The Labute approximate surface area is 140 Å². The minimum absolute atomic E-state index is 0.00575. The minimum atomic E-state index is -0.631. The molecule has 0 bridgehead atoms. The molecule has 4 heteroatoms. The average molecular weight is 320 g/mol. The third kappa shape index (κ3) is 5.33. The Hall–Kier alpha value is -1.39. The van der Waals surface area contributed by atoms with Gasteiger partial charge in [-0.2, -0.15) is 0 Å². The summed E-state index contributed by atoms with van der Waals surface area (Å²) in [7, 11) is 4.34. The molecule has 0 radical (unpaired) electrons. The van der Waals surface area contributed by atoms with Gasteiger partial charge >= 0.3 is 5.97 Å². The highest BCUT2D eigenvalue weighted by molar-refractivity contribution is 5.76. The van der Waals surface area contributed by atoms with E-state index in [1.54, 1.807) is 0 Å². The molecule has 3 atom stereocenters. The van der Waals surface area contributed by atoms with Crippen LogP contribution in [0.2, 0.25) is 0 Å². The van der Waals surface area contributed by atoms with Crippen LogP contribution < -0.4 is 0 Å². The zero-order valence-electron chi connectivity index (χ0n) is 14.8. The second-order valence-corrected chi connectivity index (χ2v) is 7.22. The lowest BCUT2D eigenvalue weighted by atomic mass is 10.1. The van der Waals surface area contributed by atoms with E-state index < -0.39 is 6.10 Å². The number of likely N-dealkylation sites (tertiary alicyclic amines) is 1. The van der Waals surface area contributed by atoms with Crippen molar-refractivity contribution >= 4 is 5.97 Å². The van der Waals surface area contributed by atoms with Crippen LogP contribution in [0.3, 0.4) is 0 Å². The van der Waals surface area contributed by atoms with Crippen LogP contribution in [-0.4, -0.2) is 49.8 Å². The molecule has 0 N–H and O–H groups in total. The number of quaternary nitrogens is 1. The van der Waals surface area contributed by atoms with E-state index in [0.717, 1.165) is 42.4 Å². The molecular weight excluding hydrogens is 290 g/mol. The van der Waals surface area contributed by atoms with Crippen molar-refractivity contribution in [3.05, 3.63) is 35.9 Å². The topological polar surface area (TPSA) is 35.5 Å². The van der Waals surface area contributed by atoms with Gasteiger partial charge in [-0.15, -0.1) is 0 Å². The molecule has 1 aromatic rings. The first-order valence-electron chi connectivity index (χ1n) is 8.64. The van der Waals surface area contributed by atoms with Crippen LogP contribution in [0.15, 0.2) is 30.3 Å². The SMILES string of the molecule is CCCC(C)OC(C(=O)OC1CC[N+](C)(C)C1)c1ccccc1. The van der Waals surface area contributed by atoms with Gasteiger partial charge in [-0.25, -0.2) is 4.79 Å². The fourth-order valence-electron chi connectivity index (χ4n) is 3.15. The zero-order chi connectivity index (χ0) is 16.9. The maximum Gasteiger partial charge on any atom is 0.340 e. The number of carbonyl (C=O) groups excluding carboxylic acids is 1. The van der Waals surface area contributed by atoms with Crippen LogP contribution in [0, 0.1) is 0 Å². The summed E-state index contributed by atoms with van der Waals surface area (Å²) in [6.07, 6.45) is 2.29. The molecule has 1 aliphatic heterocycles. The number of hydrogen-bond acceptors (Lipinski definition) is 3. The van der Waals surface area contributed by atoms with Crippen molar-refractivity contribution in [3.8, 4) is 0 Å². The van der Waals surface area contributed by atoms with Gasteiger partial charge in [-0.1, -0.05) is 43.7 Å². The first-order valence-corrected chi connectivity index (χ1v) is 8.64. The molecule has 128 valence electrons. The number of likely N-dealkylation sites (N-methyl/N-ethyl adjacent to an activating group) is 1. The maximum atomic E-state index is 12.7. The Morgan fingerprint density at radius 3 is 2.57 bits per heavy atom.